The summed E-state index contributed by atoms with van der Waals surface area (Å²) in [6.45, 7) is 0.696. The second-order valence-corrected chi connectivity index (χ2v) is 7.07. The average molecular weight is 366 g/mol. The maximum Gasteiger partial charge on any atom is 0.231 e. The molecule has 0 atom stereocenters. The van der Waals surface area contributed by atoms with Crippen molar-refractivity contribution in [3.63, 3.8) is 0 Å². The second-order valence-electron chi connectivity index (χ2n) is 5.99. The Hall–Kier alpha value is -3.06. The van der Waals surface area contributed by atoms with Crippen molar-refractivity contribution in [2.75, 3.05) is 12.1 Å². The molecular formula is C19H14N2O4S. The number of carbonyl (C=O) groups excluding carboxylic acids is 1. The van der Waals surface area contributed by atoms with E-state index in [4.69, 9.17) is 14.2 Å². The number of hydrogen-bond acceptors (Lipinski definition) is 6. The van der Waals surface area contributed by atoms with Crippen LogP contribution in [0.25, 0.3) is 11.3 Å². The fourth-order valence-corrected chi connectivity index (χ4v) is 3.95. The Kier molecular flexibility index (Phi) is 3.53. The maximum absolute atomic E-state index is 12.4. The van der Waals surface area contributed by atoms with E-state index < -0.39 is 0 Å². The number of ether oxygens (including phenoxy) is 3. The highest BCUT2D eigenvalue weighted by atomic mass is 32.1. The minimum absolute atomic E-state index is 0.121. The fourth-order valence-electron chi connectivity index (χ4n) is 3.04. The monoisotopic (exact) mass is 366 g/mol. The Balaban J connectivity index is 1.33. The molecule has 1 aromatic heterocycles. The number of carbonyl (C=O) groups is 1. The largest absolute Gasteiger partial charge is 0.487 e. The van der Waals surface area contributed by atoms with E-state index in [2.05, 4.69) is 10.3 Å². The standard InChI is InChI=1S/C19H14N2O4S/c22-17(8-11-5-6-14-15(7-11)25-10-24-14)20-19-21-18-12-3-1-2-4-13(12)23-9-16(18)26-19/h1-7H,8-10H2,(H,20,21,22). The summed E-state index contributed by atoms with van der Waals surface area (Å²) in [6, 6.07) is 13.3. The molecule has 2 aliphatic rings. The van der Waals surface area contributed by atoms with E-state index in [9.17, 15) is 4.79 Å². The van der Waals surface area contributed by atoms with Gasteiger partial charge in [-0.05, 0) is 29.8 Å². The maximum atomic E-state index is 12.4. The van der Waals surface area contributed by atoms with Crippen molar-refractivity contribution in [3.05, 3.63) is 52.9 Å². The van der Waals surface area contributed by atoms with Crippen LogP contribution in [0, 0.1) is 0 Å². The van der Waals surface area contributed by atoms with Gasteiger partial charge in [-0.15, -0.1) is 0 Å². The van der Waals surface area contributed by atoms with Gasteiger partial charge in [0, 0.05) is 5.56 Å². The number of nitrogens with zero attached hydrogens (tertiary/aromatic N) is 1. The van der Waals surface area contributed by atoms with Crippen molar-refractivity contribution < 1.29 is 19.0 Å². The number of rotatable bonds is 3. The molecule has 5 rings (SSSR count). The van der Waals surface area contributed by atoms with Crippen molar-refractivity contribution in [2.45, 2.75) is 13.0 Å². The highest BCUT2D eigenvalue weighted by Gasteiger charge is 2.22. The molecule has 0 saturated carbocycles. The molecule has 1 amide bonds. The number of nitrogens with one attached hydrogen (secondary N) is 1. The van der Waals surface area contributed by atoms with Crippen molar-refractivity contribution in [2.24, 2.45) is 0 Å². The summed E-state index contributed by atoms with van der Waals surface area (Å²) >= 11 is 1.45. The summed E-state index contributed by atoms with van der Waals surface area (Å²) in [5.74, 6) is 2.09. The van der Waals surface area contributed by atoms with Gasteiger partial charge in [0.2, 0.25) is 12.7 Å². The fraction of sp³-hybridized carbons (Fsp3) is 0.158. The summed E-state index contributed by atoms with van der Waals surface area (Å²) in [7, 11) is 0. The molecule has 0 radical (unpaired) electrons. The molecule has 0 spiro atoms. The molecule has 0 unspecified atom stereocenters. The molecule has 7 heteroatoms. The van der Waals surface area contributed by atoms with Crippen LogP contribution in [0.2, 0.25) is 0 Å². The van der Waals surface area contributed by atoms with Crippen LogP contribution >= 0.6 is 11.3 Å². The van der Waals surface area contributed by atoms with Gasteiger partial charge in [-0.25, -0.2) is 4.98 Å². The van der Waals surface area contributed by atoms with Crippen LogP contribution in [0.5, 0.6) is 17.2 Å². The first-order valence-electron chi connectivity index (χ1n) is 8.16. The van der Waals surface area contributed by atoms with E-state index in [1.165, 1.54) is 11.3 Å². The van der Waals surface area contributed by atoms with E-state index in [1.807, 2.05) is 42.5 Å². The van der Waals surface area contributed by atoms with Crippen molar-refractivity contribution in [3.8, 4) is 28.5 Å². The molecule has 0 fully saturated rings. The molecule has 0 saturated heterocycles. The van der Waals surface area contributed by atoms with Crippen LogP contribution in [0.15, 0.2) is 42.5 Å². The lowest BCUT2D eigenvalue weighted by atomic mass is 10.1. The smallest absolute Gasteiger partial charge is 0.231 e. The zero-order chi connectivity index (χ0) is 17.5. The Labute approximate surface area is 153 Å². The van der Waals surface area contributed by atoms with Gasteiger partial charge < -0.3 is 19.5 Å². The topological polar surface area (TPSA) is 69.7 Å². The number of amides is 1. The lowest BCUT2D eigenvalue weighted by Gasteiger charge is -2.15. The summed E-state index contributed by atoms with van der Waals surface area (Å²) in [5.41, 5.74) is 2.71. The molecule has 0 bridgehead atoms. The third-order valence-corrected chi connectivity index (χ3v) is 5.19. The quantitative estimate of drug-likeness (QED) is 0.767. The lowest BCUT2D eigenvalue weighted by Crippen LogP contribution is -2.14. The van der Waals surface area contributed by atoms with E-state index in [0.717, 1.165) is 27.4 Å². The Morgan fingerprint density at radius 1 is 1.08 bits per heavy atom. The molecule has 26 heavy (non-hydrogen) atoms. The Morgan fingerprint density at radius 3 is 2.92 bits per heavy atom. The van der Waals surface area contributed by atoms with Crippen LogP contribution in [0.1, 0.15) is 10.4 Å². The van der Waals surface area contributed by atoms with E-state index in [1.54, 1.807) is 0 Å². The van der Waals surface area contributed by atoms with E-state index in [0.29, 0.717) is 23.2 Å². The van der Waals surface area contributed by atoms with Gasteiger partial charge >= 0.3 is 0 Å². The molecule has 0 aliphatic carbocycles. The average Bonchev–Trinajstić information content (AvgIpc) is 3.27. The van der Waals surface area contributed by atoms with Gasteiger partial charge in [0.25, 0.3) is 0 Å². The van der Waals surface area contributed by atoms with Crippen LogP contribution in [0.4, 0.5) is 5.13 Å². The predicted molar refractivity (Wildman–Crippen MR) is 96.8 cm³/mol. The summed E-state index contributed by atoms with van der Waals surface area (Å²) in [5, 5.41) is 3.47. The van der Waals surface area contributed by atoms with Gasteiger partial charge in [0.05, 0.1) is 17.0 Å². The molecule has 1 N–H and O–H groups in total. The molecule has 2 aliphatic heterocycles. The molecule has 3 aromatic rings. The van der Waals surface area contributed by atoms with Gasteiger partial charge in [0.15, 0.2) is 16.6 Å². The molecule has 3 heterocycles. The molecule has 130 valence electrons. The van der Waals surface area contributed by atoms with Crippen LogP contribution < -0.4 is 19.5 Å². The van der Waals surface area contributed by atoms with Gasteiger partial charge in [-0.1, -0.05) is 29.5 Å². The van der Waals surface area contributed by atoms with Gasteiger partial charge in [-0.2, -0.15) is 0 Å². The van der Waals surface area contributed by atoms with Crippen LogP contribution in [0.3, 0.4) is 0 Å². The number of aromatic nitrogens is 1. The number of thiazole rings is 1. The minimum atomic E-state index is -0.121. The number of fused-ring (bicyclic) bond motifs is 4. The second kappa shape index (κ2) is 6.03. The molecular weight excluding hydrogens is 352 g/mol. The van der Waals surface area contributed by atoms with Crippen LogP contribution in [-0.2, 0) is 17.8 Å². The molecule has 2 aromatic carbocycles. The summed E-state index contributed by atoms with van der Waals surface area (Å²) in [4.78, 5) is 18.0. The van der Waals surface area contributed by atoms with E-state index >= 15 is 0 Å². The highest BCUT2D eigenvalue weighted by molar-refractivity contribution is 7.16. The number of anilines is 1. The van der Waals surface area contributed by atoms with Gasteiger partial charge in [0.1, 0.15) is 12.4 Å². The number of benzene rings is 2. The van der Waals surface area contributed by atoms with Crippen molar-refractivity contribution in [1.82, 2.24) is 4.98 Å². The van der Waals surface area contributed by atoms with Crippen molar-refractivity contribution >= 4 is 22.4 Å². The normalized spacial score (nSPS) is 13.5. The predicted octanol–water partition coefficient (Wildman–Crippen LogP) is 3.61. The first kappa shape index (κ1) is 15.2. The SMILES string of the molecule is O=C(Cc1ccc2c(c1)OCO2)Nc1nc2c(s1)COc1ccccc1-2. The lowest BCUT2D eigenvalue weighted by molar-refractivity contribution is -0.115. The number of para-hydroxylation sites is 1. The van der Waals surface area contributed by atoms with Crippen LogP contribution in [-0.4, -0.2) is 17.7 Å². The first-order chi connectivity index (χ1) is 12.8. The summed E-state index contributed by atoms with van der Waals surface area (Å²) in [6.07, 6.45) is 0.244. The van der Waals surface area contributed by atoms with Gasteiger partial charge in [-0.3, -0.25) is 4.79 Å². The third kappa shape index (κ3) is 2.66. The number of hydrogen-bond donors (Lipinski definition) is 1. The molecule has 6 nitrogen and oxygen atoms in total. The van der Waals surface area contributed by atoms with E-state index in [-0.39, 0.29) is 19.1 Å². The zero-order valence-corrected chi connectivity index (χ0v) is 14.5. The Bertz CT molecular complexity index is 1010. The highest BCUT2D eigenvalue weighted by Crippen LogP contribution is 2.40. The third-order valence-electron chi connectivity index (χ3n) is 4.25. The summed E-state index contributed by atoms with van der Waals surface area (Å²) < 4.78 is 16.4. The zero-order valence-electron chi connectivity index (χ0n) is 13.7. The van der Waals surface area contributed by atoms with Crippen molar-refractivity contribution in [1.29, 1.82) is 0 Å². The first-order valence-corrected chi connectivity index (χ1v) is 8.98. The minimum Gasteiger partial charge on any atom is -0.487 e. The Morgan fingerprint density at radius 2 is 1.96 bits per heavy atom.